The number of carbonyl (C=O) groups is 1. The highest BCUT2D eigenvalue weighted by molar-refractivity contribution is 6.17. The number of nitrogens with one attached hydrogen (secondary N) is 1. The summed E-state index contributed by atoms with van der Waals surface area (Å²) in [5, 5.41) is 12.7. The molecule has 5 nitrogen and oxygen atoms in total. The lowest BCUT2D eigenvalue weighted by molar-refractivity contribution is -0.132. The second-order valence-electron chi connectivity index (χ2n) is 8.03. The van der Waals surface area contributed by atoms with E-state index in [4.69, 9.17) is 16.3 Å². The molecule has 0 unspecified atom stereocenters. The third-order valence-electron chi connectivity index (χ3n) is 5.45. The van der Waals surface area contributed by atoms with Gasteiger partial charge >= 0.3 is 0 Å². The molecular formula is C26H37ClN2O3. The van der Waals surface area contributed by atoms with Crippen LogP contribution >= 0.6 is 11.6 Å². The molecule has 1 amide bonds. The Morgan fingerprint density at radius 3 is 2.00 bits per heavy atom. The van der Waals surface area contributed by atoms with Crippen molar-refractivity contribution < 1.29 is 14.6 Å². The fourth-order valence-corrected chi connectivity index (χ4v) is 3.67. The fraction of sp³-hybridized carbons (Fsp3) is 0.500. The summed E-state index contributed by atoms with van der Waals surface area (Å²) in [6, 6.07) is 15.6. The van der Waals surface area contributed by atoms with Gasteiger partial charge in [0.2, 0.25) is 5.91 Å². The van der Waals surface area contributed by atoms with Crippen molar-refractivity contribution in [3.8, 4) is 5.75 Å². The van der Waals surface area contributed by atoms with Gasteiger partial charge in [-0.25, -0.2) is 0 Å². The van der Waals surface area contributed by atoms with Gasteiger partial charge in [-0.05, 0) is 67.6 Å². The average Bonchev–Trinajstić information content (AvgIpc) is 2.83. The third-order valence-corrected chi connectivity index (χ3v) is 5.71. The van der Waals surface area contributed by atoms with Gasteiger partial charge in [-0.2, -0.15) is 0 Å². The van der Waals surface area contributed by atoms with Gasteiger partial charge in [0, 0.05) is 25.4 Å². The minimum Gasteiger partial charge on any atom is -0.497 e. The minimum absolute atomic E-state index is 0.0241. The maximum atomic E-state index is 13.0. The van der Waals surface area contributed by atoms with Crippen molar-refractivity contribution in [3.63, 3.8) is 0 Å². The lowest BCUT2D eigenvalue weighted by atomic mass is 10.1. The Balaban J connectivity index is 1.86. The number of methoxy groups -OCH3 is 1. The summed E-state index contributed by atoms with van der Waals surface area (Å²) in [6.07, 6.45) is 5.73. The number of benzene rings is 2. The molecule has 0 radical (unpaired) electrons. The van der Waals surface area contributed by atoms with Crippen LogP contribution in [0.2, 0.25) is 0 Å². The van der Waals surface area contributed by atoms with Gasteiger partial charge < -0.3 is 20.1 Å². The third kappa shape index (κ3) is 10.0. The number of aliphatic hydroxyl groups is 1. The standard InChI is InChI=1S/C26H37ClN2O3/c1-32-25-14-12-23(13-15-25)20-29(19-22-8-10-24(21-30)11-9-22)26(31)7-3-2-5-17-28-18-6-4-16-27/h8-15,28,30H,2-7,16-21H2,1H3. The molecule has 176 valence electrons. The van der Waals surface area contributed by atoms with Gasteiger partial charge in [-0.1, -0.05) is 42.8 Å². The molecule has 0 aliphatic rings. The van der Waals surface area contributed by atoms with Crippen LogP contribution in [0.3, 0.4) is 0 Å². The predicted molar refractivity (Wildman–Crippen MR) is 131 cm³/mol. The summed E-state index contributed by atoms with van der Waals surface area (Å²) in [6.45, 7) is 3.14. The van der Waals surface area contributed by atoms with Crippen molar-refractivity contribution >= 4 is 17.5 Å². The molecule has 0 atom stereocenters. The van der Waals surface area contributed by atoms with Crippen molar-refractivity contribution in [3.05, 3.63) is 65.2 Å². The van der Waals surface area contributed by atoms with E-state index in [0.29, 0.717) is 19.5 Å². The summed E-state index contributed by atoms with van der Waals surface area (Å²) in [7, 11) is 1.65. The molecule has 2 N–H and O–H groups in total. The SMILES string of the molecule is COc1ccc(CN(Cc2ccc(CO)cc2)C(=O)CCCCCNCCCCCl)cc1. The molecule has 0 bridgehead atoms. The molecule has 6 heteroatoms. The number of hydrogen-bond donors (Lipinski definition) is 2. The van der Waals surface area contributed by atoms with Gasteiger partial charge in [-0.15, -0.1) is 11.6 Å². The largest absolute Gasteiger partial charge is 0.497 e. The van der Waals surface area contributed by atoms with Crippen molar-refractivity contribution in [1.29, 1.82) is 0 Å². The van der Waals surface area contributed by atoms with Crippen LogP contribution < -0.4 is 10.1 Å². The quantitative estimate of drug-likeness (QED) is 0.276. The molecule has 0 heterocycles. The molecule has 0 aliphatic carbocycles. The first kappa shape index (κ1) is 26.2. The van der Waals surface area contributed by atoms with Crippen molar-refractivity contribution in [1.82, 2.24) is 10.2 Å². The minimum atomic E-state index is 0.0241. The smallest absolute Gasteiger partial charge is 0.223 e. The highest BCUT2D eigenvalue weighted by Gasteiger charge is 2.15. The second kappa shape index (κ2) is 15.7. The number of aliphatic hydroxyl groups excluding tert-OH is 1. The van der Waals surface area contributed by atoms with Gasteiger partial charge in [0.25, 0.3) is 0 Å². The van der Waals surface area contributed by atoms with E-state index in [1.54, 1.807) is 7.11 Å². The molecule has 0 saturated carbocycles. The number of amides is 1. The van der Waals surface area contributed by atoms with Crippen molar-refractivity contribution in [2.24, 2.45) is 0 Å². The predicted octanol–water partition coefficient (Wildman–Crippen LogP) is 4.89. The van der Waals surface area contributed by atoms with Crippen LogP contribution in [0.4, 0.5) is 0 Å². The number of unbranched alkanes of at least 4 members (excludes halogenated alkanes) is 3. The van der Waals surface area contributed by atoms with Crippen LogP contribution in [-0.2, 0) is 24.5 Å². The van der Waals surface area contributed by atoms with E-state index in [1.807, 2.05) is 53.4 Å². The Labute approximate surface area is 197 Å². The number of nitrogens with zero attached hydrogens (tertiary/aromatic N) is 1. The lowest BCUT2D eigenvalue weighted by Crippen LogP contribution is -2.30. The first-order valence-corrected chi connectivity index (χ1v) is 12.1. The molecule has 2 rings (SSSR count). The summed E-state index contributed by atoms with van der Waals surface area (Å²) >= 11 is 5.69. The number of hydrogen-bond acceptors (Lipinski definition) is 4. The van der Waals surface area contributed by atoms with Gasteiger partial charge in [-0.3, -0.25) is 4.79 Å². The highest BCUT2D eigenvalue weighted by Crippen LogP contribution is 2.17. The molecule has 0 fully saturated rings. The Morgan fingerprint density at radius 2 is 1.44 bits per heavy atom. The van der Waals surface area contributed by atoms with Crippen LogP contribution in [-0.4, -0.2) is 42.0 Å². The second-order valence-corrected chi connectivity index (χ2v) is 8.41. The van der Waals surface area contributed by atoms with E-state index >= 15 is 0 Å². The zero-order chi connectivity index (χ0) is 23.0. The van der Waals surface area contributed by atoms with E-state index in [1.165, 1.54) is 0 Å². The normalized spacial score (nSPS) is 10.8. The van der Waals surface area contributed by atoms with E-state index in [-0.39, 0.29) is 12.5 Å². The molecule has 2 aromatic rings. The molecule has 2 aromatic carbocycles. The van der Waals surface area contributed by atoms with Gasteiger partial charge in [0.05, 0.1) is 13.7 Å². The Kier molecular flexibility index (Phi) is 12.8. The van der Waals surface area contributed by atoms with Crippen LogP contribution in [0.15, 0.2) is 48.5 Å². The summed E-state index contributed by atoms with van der Waals surface area (Å²) in [4.78, 5) is 15.0. The lowest BCUT2D eigenvalue weighted by Gasteiger charge is -2.23. The van der Waals surface area contributed by atoms with E-state index in [2.05, 4.69) is 5.32 Å². The van der Waals surface area contributed by atoms with E-state index < -0.39 is 0 Å². The average molecular weight is 461 g/mol. The summed E-state index contributed by atoms with van der Waals surface area (Å²) in [5.41, 5.74) is 3.01. The van der Waals surface area contributed by atoms with Crippen LogP contribution in [0, 0.1) is 0 Å². The first-order valence-electron chi connectivity index (χ1n) is 11.5. The zero-order valence-corrected chi connectivity index (χ0v) is 19.9. The Hall–Kier alpha value is -2.08. The number of rotatable bonds is 16. The van der Waals surface area contributed by atoms with Crippen molar-refractivity contribution in [2.75, 3.05) is 26.1 Å². The van der Waals surface area contributed by atoms with Crippen LogP contribution in [0.5, 0.6) is 5.75 Å². The Morgan fingerprint density at radius 1 is 0.875 bits per heavy atom. The first-order chi connectivity index (χ1) is 15.7. The molecule has 0 saturated heterocycles. The maximum Gasteiger partial charge on any atom is 0.223 e. The number of halogens is 1. The molecule has 32 heavy (non-hydrogen) atoms. The van der Waals surface area contributed by atoms with Crippen LogP contribution in [0.25, 0.3) is 0 Å². The van der Waals surface area contributed by atoms with Gasteiger partial charge in [0.1, 0.15) is 5.75 Å². The summed E-state index contributed by atoms with van der Waals surface area (Å²) in [5.74, 6) is 1.70. The molecule has 0 spiro atoms. The Bertz CT molecular complexity index is 716. The number of alkyl halides is 1. The summed E-state index contributed by atoms with van der Waals surface area (Å²) < 4.78 is 5.24. The van der Waals surface area contributed by atoms with E-state index in [0.717, 1.165) is 73.5 Å². The molecule has 0 aromatic heterocycles. The zero-order valence-electron chi connectivity index (χ0n) is 19.2. The molecule has 0 aliphatic heterocycles. The monoisotopic (exact) mass is 460 g/mol. The van der Waals surface area contributed by atoms with Crippen molar-refractivity contribution in [2.45, 2.75) is 58.2 Å². The topological polar surface area (TPSA) is 61.8 Å². The molecular weight excluding hydrogens is 424 g/mol. The van der Waals surface area contributed by atoms with E-state index in [9.17, 15) is 9.90 Å². The number of ether oxygens (including phenoxy) is 1. The van der Waals surface area contributed by atoms with Gasteiger partial charge in [0.15, 0.2) is 0 Å². The van der Waals surface area contributed by atoms with Crippen LogP contribution in [0.1, 0.15) is 55.2 Å². The number of carbonyl (C=O) groups excluding carboxylic acids is 1. The fourth-order valence-electron chi connectivity index (χ4n) is 3.48. The highest BCUT2D eigenvalue weighted by atomic mass is 35.5. The maximum absolute atomic E-state index is 13.0.